The summed E-state index contributed by atoms with van der Waals surface area (Å²) >= 11 is 0. The van der Waals surface area contributed by atoms with E-state index < -0.39 is 12.2 Å². The van der Waals surface area contributed by atoms with Crippen LogP contribution in [0.3, 0.4) is 0 Å². The van der Waals surface area contributed by atoms with E-state index in [4.69, 9.17) is 15.2 Å². The molecule has 1 aliphatic heterocycles. The van der Waals surface area contributed by atoms with Gasteiger partial charge in [-0.2, -0.15) is 5.10 Å². The molecule has 3 heterocycles. The third-order valence-corrected chi connectivity index (χ3v) is 3.87. The first-order valence-electron chi connectivity index (χ1n) is 7.68. The number of hydrogen-bond donors (Lipinski definition) is 2. The van der Waals surface area contributed by atoms with E-state index in [0.29, 0.717) is 6.42 Å². The van der Waals surface area contributed by atoms with Crippen molar-refractivity contribution in [1.29, 1.82) is 0 Å². The number of primary amides is 1. The van der Waals surface area contributed by atoms with E-state index in [0.717, 1.165) is 42.5 Å². The molecule has 124 valence electrons. The summed E-state index contributed by atoms with van der Waals surface area (Å²) in [6.07, 6.45) is 5.25. The smallest absolute Gasteiger partial charge is 0.404 e. The van der Waals surface area contributed by atoms with Crippen LogP contribution in [0, 0.1) is 0 Å². The maximum atomic E-state index is 10.8. The second-order valence-corrected chi connectivity index (χ2v) is 5.61. The standard InChI is InChI=1S/C15H20N4O4/c16-15(21)23-12(9-20)6-10-5-11-8-18-19(14(11)17-7-10)13-3-1-2-4-22-13/h5,7-8,12-13,20H,1-4,6,9H2,(H2,16,21). The molecule has 1 aliphatic rings. The van der Waals surface area contributed by atoms with Crippen molar-refractivity contribution < 1.29 is 19.4 Å². The fourth-order valence-corrected chi connectivity index (χ4v) is 2.80. The number of nitrogens with two attached hydrogens (primary N) is 1. The molecule has 0 bridgehead atoms. The van der Waals surface area contributed by atoms with Crippen LogP contribution in [0.25, 0.3) is 11.0 Å². The highest BCUT2D eigenvalue weighted by Gasteiger charge is 2.20. The van der Waals surface area contributed by atoms with Gasteiger partial charge in [0, 0.05) is 24.6 Å². The molecule has 0 spiro atoms. The number of aliphatic hydroxyl groups is 1. The Morgan fingerprint density at radius 2 is 2.39 bits per heavy atom. The Bertz CT molecular complexity index is 681. The lowest BCUT2D eigenvalue weighted by atomic mass is 10.1. The Morgan fingerprint density at radius 3 is 3.09 bits per heavy atom. The molecule has 0 radical (unpaired) electrons. The van der Waals surface area contributed by atoms with Crippen molar-refractivity contribution in [3.8, 4) is 0 Å². The SMILES string of the molecule is NC(=O)OC(CO)Cc1cnc2c(cnn2C2CCCCO2)c1. The Balaban J connectivity index is 1.78. The Morgan fingerprint density at radius 1 is 1.52 bits per heavy atom. The van der Waals surface area contributed by atoms with Crippen LogP contribution in [0.5, 0.6) is 0 Å². The molecule has 2 aromatic heterocycles. The van der Waals surface area contributed by atoms with Crippen LogP contribution in [0.2, 0.25) is 0 Å². The molecule has 3 N–H and O–H groups in total. The maximum absolute atomic E-state index is 10.8. The summed E-state index contributed by atoms with van der Waals surface area (Å²) in [4.78, 5) is 15.2. The molecular weight excluding hydrogens is 300 g/mol. The number of carbonyl (C=O) groups is 1. The van der Waals surface area contributed by atoms with Crippen molar-refractivity contribution in [2.75, 3.05) is 13.2 Å². The predicted octanol–water partition coefficient (Wildman–Crippen LogP) is 1.13. The van der Waals surface area contributed by atoms with Gasteiger partial charge in [-0.05, 0) is 30.9 Å². The first-order valence-corrected chi connectivity index (χ1v) is 7.68. The average molecular weight is 320 g/mol. The predicted molar refractivity (Wildman–Crippen MR) is 81.6 cm³/mol. The minimum Gasteiger partial charge on any atom is -0.444 e. The second kappa shape index (κ2) is 6.93. The molecule has 3 rings (SSSR count). The summed E-state index contributed by atoms with van der Waals surface area (Å²) in [5.41, 5.74) is 6.58. The average Bonchev–Trinajstić information content (AvgIpc) is 2.97. The van der Waals surface area contributed by atoms with Crippen molar-refractivity contribution in [3.05, 3.63) is 24.0 Å². The first-order chi connectivity index (χ1) is 11.2. The van der Waals surface area contributed by atoms with E-state index in [9.17, 15) is 9.90 Å². The number of nitrogens with zero attached hydrogens (tertiary/aromatic N) is 3. The zero-order chi connectivity index (χ0) is 16.2. The molecule has 23 heavy (non-hydrogen) atoms. The van der Waals surface area contributed by atoms with Gasteiger partial charge in [-0.25, -0.2) is 14.5 Å². The van der Waals surface area contributed by atoms with Gasteiger partial charge in [0.2, 0.25) is 0 Å². The van der Waals surface area contributed by atoms with Gasteiger partial charge in [0.15, 0.2) is 11.9 Å². The van der Waals surface area contributed by atoms with E-state index in [1.807, 2.05) is 10.7 Å². The second-order valence-electron chi connectivity index (χ2n) is 5.61. The summed E-state index contributed by atoms with van der Waals surface area (Å²) in [5.74, 6) is 0. The van der Waals surface area contributed by atoms with Crippen LogP contribution in [-0.2, 0) is 15.9 Å². The number of pyridine rings is 1. The monoisotopic (exact) mass is 320 g/mol. The molecule has 2 unspecified atom stereocenters. The van der Waals surface area contributed by atoms with Gasteiger partial charge in [0.25, 0.3) is 0 Å². The summed E-state index contributed by atoms with van der Waals surface area (Å²) < 4.78 is 12.4. The van der Waals surface area contributed by atoms with Gasteiger partial charge in [0.05, 0.1) is 12.8 Å². The number of rotatable bonds is 5. The number of carbonyl (C=O) groups excluding carboxylic acids is 1. The summed E-state index contributed by atoms with van der Waals surface area (Å²) in [7, 11) is 0. The number of aliphatic hydroxyl groups excluding tert-OH is 1. The van der Waals surface area contributed by atoms with Gasteiger partial charge in [-0.3, -0.25) is 0 Å². The van der Waals surface area contributed by atoms with Crippen LogP contribution < -0.4 is 5.73 Å². The number of ether oxygens (including phenoxy) is 2. The highest BCUT2D eigenvalue weighted by atomic mass is 16.6. The number of hydrogen-bond acceptors (Lipinski definition) is 6. The minimum absolute atomic E-state index is 0.0667. The third kappa shape index (κ3) is 3.59. The van der Waals surface area contributed by atoms with Gasteiger partial charge in [-0.1, -0.05) is 0 Å². The van der Waals surface area contributed by atoms with Crippen molar-refractivity contribution in [1.82, 2.24) is 14.8 Å². The van der Waals surface area contributed by atoms with Crippen LogP contribution >= 0.6 is 0 Å². The van der Waals surface area contributed by atoms with E-state index in [-0.39, 0.29) is 12.8 Å². The van der Waals surface area contributed by atoms with Crippen molar-refractivity contribution in [3.63, 3.8) is 0 Å². The highest BCUT2D eigenvalue weighted by molar-refractivity contribution is 5.75. The van der Waals surface area contributed by atoms with Crippen molar-refractivity contribution in [2.24, 2.45) is 5.73 Å². The molecule has 1 amide bonds. The largest absolute Gasteiger partial charge is 0.444 e. The fraction of sp³-hybridized carbons (Fsp3) is 0.533. The first kappa shape index (κ1) is 15.7. The summed E-state index contributed by atoms with van der Waals surface area (Å²) in [5, 5.41) is 14.5. The molecule has 0 aromatic carbocycles. The molecule has 0 saturated carbocycles. The van der Waals surface area contributed by atoms with Gasteiger partial charge >= 0.3 is 6.09 Å². The van der Waals surface area contributed by atoms with E-state index in [1.165, 1.54) is 0 Å². The van der Waals surface area contributed by atoms with Crippen molar-refractivity contribution in [2.45, 2.75) is 38.0 Å². The molecule has 8 heteroatoms. The zero-order valence-electron chi connectivity index (χ0n) is 12.7. The third-order valence-electron chi connectivity index (χ3n) is 3.87. The molecular formula is C15H20N4O4. The molecule has 1 fully saturated rings. The normalized spacial score (nSPS) is 19.6. The Labute approximate surface area is 133 Å². The number of fused-ring (bicyclic) bond motifs is 1. The van der Waals surface area contributed by atoms with Gasteiger partial charge in [-0.15, -0.1) is 0 Å². The maximum Gasteiger partial charge on any atom is 0.404 e. The molecule has 2 aromatic rings. The van der Waals surface area contributed by atoms with E-state index >= 15 is 0 Å². The molecule has 2 atom stereocenters. The summed E-state index contributed by atoms with van der Waals surface area (Å²) in [6.45, 7) is 0.447. The quantitative estimate of drug-likeness (QED) is 0.854. The van der Waals surface area contributed by atoms with Crippen molar-refractivity contribution >= 4 is 17.1 Å². The number of amides is 1. The molecule has 8 nitrogen and oxygen atoms in total. The van der Waals surface area contributed by atoms with Gasteiger partial charge in [0.1, 0.15) is 6.10 Å². The lowest BCUT2D eigenvalue weighted by Crippen LogP contribution is -2.27. The molecule has 1 saturated heterocycles. The Hall–Kier alpha value is -2.19. The van der Waals surface area contributed by atoms with Crippen LogP contribution in [0.4, 0.5) is 4.79 Å². The molecule has 0 aliphatic carbocycles. The van der Waals surface area contributed by atoms with Crippen LogP contribution in [0.1, 0.15) is 31.1 Å². The van der Waals surface area contributed by atoms with Gasteiger partial charge < -0.3 is 20.3 Å². The minimum atomic E-state index is -0.902. The summed E-state index contributed by atoms with van der Waals surface area (Å²) in [6, 6.07) is 1.92. The van der Waals surface area contributed by atoms with Crippen LogP contribution in [-0.4, -0.2) is 45.3 Å². The zero-order valence-corrected chi connectivity index (χ0v) is 12.7. The lowest BCUT2D eigenvalue weighted by Gasteiger charge is -2.23. The highest BCUT2D eigenvalue weighted by Crippen LogP contribution is 2.25. The topological polar surface area (TPSA) is 112 Å². The van der Waals surface area contributed by atoms with E-state index in [1.54, 1.807) is 12.4 Å². The number of aromatic nitrogens is 3. The fourth-order valence-electron chi connectivity index (χ4n) is 2.80. The van der Waals surface area contributed by atoms with Crippen LogP contribution in [0.15, 0.2) is 18.5 Å². The lowest BCUT2D eigenvalue weighted by molar-refractivity contribution is -0.0370. The van der Waals surface area contributed by atoms with E-state index in [2.05, 4.69) is 10.1 Å². The Kier molecular flexibility index (Phi) is 4.73.